The molecule has 28 heavy (non-hydrogen) atoms. The number of halogens is 1. The van der Waals surface area contributed by atoms with Crippen molar-refractivity contribution in [2.75, 3.05) is 0 Å². The van der Waals surface area contributed by atoms with E-state index in [1.807, 2.05) is 66.7 Å². The van der Waals surface area contributed by atoms with Crippen molar-refractivity contribution < 1.29 is 9.21 Å². The highest BCUT2D eigenvalue weighted by Gasteiger charge is 2.21. The first-order valence-corrected chi connectivity index (χ1v) is 9.21. The van der Waals surface area contributed by atoms with E-state index in [0.29, 0.717) is 10.8 Å². The lowest BCUT2D eigenvalue weighted by Gasteiger charge is -2.18. The Morgan fingerprint density at radius 3 is 2.39 bits per heavy atom. The van der Waals surface area contributed by atoms with E-state index in [-0.39, 0.29) is 17.7 Å². The van der Waals surface area contributed by atoms with Gasteiger partial charge in [0.15, 0.2) is 5.76 Å². The summed E-state index contributed by atoms with van der Waals surface area (Å²) >= 11 is 6.22. The van der Waals surface area contributed by atoms with Crippen LogP contribution in [-0.4, -0.2) is 10.9 Å². The SMILES string of the molecule is O=C(N[C@H](c1ccccc1)c1ccccn1)c1ccc(-c2ccccc2Cl)o1. The van der Waals surface area contributed by atoms with Gasteiger partial charge < -0.3 is 9.73 Å². The molecule has 2 heterocycles. The maximum absolute atomic E-state index is 12.9. The Kier molecular flexibility index (Phi) is 5.22. The third-order valence-corrected chi connectivity index (χ3v) is 4.69. The first-order chi connectivity index (χ1) is 13.7. The average molecular weight is 389 g/mol. The lowest BCUT2D eigenvalue weighted by atomic mass is 10.0. The number of rotatable bonds is 5. The van der Waals surface area contributed by atoms with Crippen LogP contribution in [0.25, 0.3) is 11.3 Å². The molecule has 4 rings (SSSR count). The zero-order chi connectivity index (χ0) is 19.3. The summed E-state index contributed by atoms with van der Waals surface area (Å²) in [5, 5.41) is 3.59. The number of nitrogens with zero attached hydrogens (tertiary/aromatic N) is 1. The number of carbonyl (C=O) groups excluding carboxylic acids is 1. The zero-order valence-corrected chi connectivity index (χ0v) is 15.6. The van der Waals surface area contributed by atoms with Gasteiger partial charge in [-0.1, -0.05) is 60.1 Å². The molecule has 1 amide bonds. The Morgan fingerprint density at radius 2 is 1.64 bits per heavy atom. The Labute approximate surface area is 167 Å². The molecule has 0 saturated heterocycles. The maximum Gasteiger partial charge on any atom is 0.287 e. The highest BCUT2D eigenvalue weighted by Crippen LogP contribution is 2.29. The molecule has 1 N–H and O–H groups in total. The van der Waals surface area contributed by atoms with Crippen molar-refractivity contribution in [2.45, 2.75) is 6.04 Å². The molecule has 0 bridgehead atoms. The molecule has 5 heteroatoms. The van der Waals surface area contributed by atoms with Gasteiger partial charge in [0.05, 0.1) is 16.8 Å². The van der Waals surface area contributed by atoms with Crippen LogP contribution in [-0.2, 0) is 0 Å². The van der Waals surface area contributed by atoms with E-state index in [2.05, 4.69) is 10.3 Å². The molecule has 0 radical (unpaired) electrons. The number of hydrogen-bond acceptors (Lipinski definition) is 3. The fourth-order valence-corrected chi connectivity index (χ4v) is 3.22. The van der Waals surface area contributed by atoms with Crippen LogP contribution in [0.15, 0.2) is 95.5 Å². The van der Waals surface area contributed by atoms with Crippen molar-refractivity contribution in [3.63, 3.8) is 0 Å². The number of amides is 1. The summed E-state index contributed by atoms with van der Waals surface area (Å²) in [6.45, 7) is 0. The predicted octanol–water partition coefficient (Wildman–Crippen LogP) is 5.51. The van der Waals surface area contributed by atoms with Gasteiger partial charge in [-0.2, -0.15) is 0 Å². The van der Waals surface area contributed by atoms with Crippen molar-refractivity contribution in [1.82, 2.24) is 10.3 Å². The van der Waals surface area contributed by atoms with Crippen LogP contribution in [0, 0.1) is 0 Å². The molecular formula is C23H17ClN2O2. The number of hydrogen-bond donors (Lipinski definition) is 1. The molecular weight excluding hydrogens is 372 g/mol. The Balaban J connectivity index is 1.61. The van der Waals surface area contributed by atoms with Crippen molar-refractivity contribution >= 4 is 17.5 Å². The molecule has 138 valence electrons. The Bertz CT molecular complexity index is 1040. The monoisotopic (exact) mass is 388 g/mol. The van der Waals surface area contributed by atoms with Gasteiger partial charge in [-0.05, 0) is 42.0 Å². The summed E-state index contributed by atoms with van der Waals surface area (Å²) in [5.41, 5.74) is 2.43. The van der Waals surface area contributed by atoms with Crippen molar-refractivity contribution in [3.05, 3.63) is 113 Å². The van der Waals surface area contributed by atoms with Crippen LogP contribution in [0.4, 0.5) is 0 Å². The van der Waals surface area contributed by atoms with Crippen LogP contribution in [0.3, 0.4) is 0 Å². The van der Waals surface area contributed by atoms with E-state index >= 15 is 0 Å². The number of furan rings is 1. The van der Waals surface area contributed by atoms with Crippen LogP contribution in [0.1, 0.15) is 27.9 Å². The number of pyridine rings is 1. The molecule has 0 aliphatic carbocycles. The van der Waals surface area contributed by atoms with Crippen molar-refractivity contribution in [2.24, 2.45) is 0 Å². The second-order valence-corrected chi connectivity index (χ2v) is 6.62. The second-order valence-electron chi connectivity index (χ2n) is 6.22. The van der Waals surface area contributed by atoms with Crippen LogP contribution < -0.4 is 5.32 Å². The number of aromatic nitrogens is 1. The quantitative estimate of drug-likeness (QED) is 0.490. The molecule has 0 aliphatic heterocycles. The van der Waals surface area contributed by atoms with E-state index in [1.165, 1.54) is 0 Å². The van der Waals surface area contributed by atoms with Gasteiger partial charge in [0.25, 0.3) is 5.91 Å². The number of nitrogens with one attached hydrogen (secondary N) is 1. The Morgan fingerprint density at radius 1 is 0.893 bits per heavy atom. The van der Waals surface area contributed by atoms with E-state index in [4.69, 9.17) is 16.0 Å². The fourth-order valence-electron chi connectivity index (χ4n) is 2.99. The average Bonchev–Trinajstić information content (AvgIpc) is 3.23. The molecule has 0 spiro atoms. The number of benzene rings is 2. The van der Waals surface area contributed by atoms with Gasteiger partial charge in [0.2, 0.25) is 0 Å². The minimum absolute atomic E-state index is 0.215. The summed E-state index contributed by atoms with van der Waals surface area (Å²) in [4.78, 5) is 17.3. The summed E-state index contributed by atoms with van der Waals surface area (Å²) in [7, 11) is 0. The zero-order valence-electron chi connectivity index (χ0n) is 14.9. The van der Waals surface area contributed by atoms with E-state index < -0.39 is 0 Å². The van der Waals surface area contributed by atoms with Gasteiger partial charge in [0.1, 0.15) is 5.76 Å². The van der Waals surface area contributed by atoms with Gasteiger partial charge >= 0.3 is 0 Å². The normalized spacial score (nSPS) is 11.8. The molecule has 0 unspecified atom stereocenters. The molecule has 1 atom stereocenters. The standard InChI is InChI=1S/C23H17ClN2O2/c24-18-11-5-4-10-17(18)20-13-14-21(28-20)23(27)26-22(16-8-2-1-3-9-16)19-12-6-7-15-25-19/h1-15,22H,(H,26,27)/t22-/m1/s1. The highest BCUT2D eigenvalue weighted by atomic mass is 35.5. The van der Waals surface area contributed by atoms with Crippen LogP contribution in [0.2, 0.25) is 5.02 Å². The van der Waals surface area contributed by atoms with Crippen LogP contribution in [0.5, 0.6) is 0 Å². The second kappa shape index (κ2) is 8.11. The highest BCUT2D eigenvalue weighted by molar-refractivity contribution is 6.33. The molecule has 4 nitrogen and oxygen atoms in total. The lowest BCUT2D eigenvalue weighted by Crippen LogP contribution is -2.29. The molecule has 2 aromatic carbocycles. The molecule has 2 aromatic heterocycles. The van der Waals surface area contributed by atoms with E-state index in [1.54, 1.807) is 24.4 Å². The third kappa shape index (κ3) is 3.82. The van der Waals surface area contributed by atoms with Crippen molar-refractivity contribution in [1.29, 1.82) is 0 Å². The lowest BCUT2D eigenvalue weighted by molar-refractivity contribution is 0.0915. The van der Waals surface area contributed by atoms with Gasteiger partial charge in [-0.15, -0.1) is 0 Å². The molecule has 0 aliphatic rings. The predicted molar refractivity (Wildman–Crippen MR) is 109 cm³/mol. The van der Waals surface area contributed by atoms with Crippen molar-refractivity contribution in [3.8, 4) is 11.3 Å². The largest absolute Gasteiger partial charge is 0.451 e. The van der Waals surface area contributed by atoms with Gasteiger partial charge in [0, 0.05) is 11.8 Å². The van der Waals surface area contributed by atoms with E-state index in [0.717, 1.165) is 16.8 Å². The molecule has 4 aromatic rings. The van der Waals surface area contributed by atoms with Gasteiger partial charge in [-0.25, -0.2) is 0 Å². The third-order valence-electron chi connectivity index (χ3n) is 4.36. The maximum atomic E-state index is 12.9. The first-order valence-electron chi connectivity index (χ1n) is 8.84. The smallest absolute Gasteiger partial charge is 0.287 e. The number of carbonyl (C=O) groups is 1. The summed E-state index contributed by atoms with van der Waals surface area (Å²) in [5.74, 6) is 0.439. The summed E-state index contributed by atoms with van der Waals surface area (Å²) < 4.78 is 5.77. The first kappa shape index (κ1) is 18.0. The van der Waals surface area contributed by atoms with E-state index in [9.17, 15) is 4.79 Å². The Hall–Kier alpha value is -3.37. The summed E-state index contributed by atoms with van der Waals surface area (Å²) in [6, 6.07) is 25.7. The van der Waals surface area contributed by atoms with Gasteiger partial charge in [-0.3, -0.25) is 9.78 Å². The molecule has 0 fully saturated rings. The molecule has 0 saturated carbocycles. The summed E-state index contributed by atoms with van der Waals surface area (Å²) in [6.07, 6.45) is 1.71. The minimum Gasteiger partial charge on any atom is -0.451 e. The van der Waals surface area contributed by atoms with Crippen LogP contribution >= 0.6 is 11.6 Å². The minimum atomic E-state index is -0.385. The fraction of sp³-hybridized carbons (Fsp3) is 0.0435. The topological polar surface area (TPSA) is 55.1 Å².